The van der Waals surface area contributed by atoms with E-state index in [1.54, 1.807) is 29.3 Å². The van der Waals surface area contributed by atoms with Crippen molar-refractivity contribution in [1.29, 1.82) is 0 Å². The lowest BCUT2D eigenvalue weighted by molar-refractivity contribution is -0.139. The Labute approximate surface area is 162 Å². The van der Waals surface area contributed by atoms with Gasteiger partial charge in [-0.3, -0.25) is 0 Å². The molecule has 0 saturated carbocycles. The molecule has 2 aliphatic heterocycles. The molecule has 2 heterocycles. The minimum Gasteiger partial charge on any atom is -0.493 e. The Morgan fingerprint density at radius 3 is 2.43 bits per heavy atom. The summed E-state index contributed by atoms with van der Waals surface area (Å²) in [5.41, 5.74) is 0.697. The molecule has 9 nitrogen and oxygen atoms in total. The number of amidine groups is 1. The number of esters is 1. The molecule has 0 N–H and O–H groups in total. The number of methoxy groups -OCH3 is 3. The van der Waals surface area contributed by atoms with Crippen molar-refractivity contribution in [3.05, 3.63) is 41.6 Å². The summed E-state index contributed by atoms with van der Waals surface area (Å²) in [6.45, 7) is 0.159. The van der Waals surface area contributed by atoms with Crippen molar-refractivity contribution in [2.24, 2.45) is 4.40 Å². The van der Waals surface area contributed by atoms with E-state index in [0.29, 0.717) is 22.8 Å². The maximum absolute atomic E-state index is 12.6. The van der Waals surface area contributed by atoms with Crippen LogP contribution in [-0.2, 0) is 26.2 Å². The first kappa shape index (κ1) is 19.7. The number of sulfonamides is 1. The number of carbonyl (C=O) groups is 1. The van der Waals surface area contributed by atoms with Crippen LogP contribution in [0.3, 0.4) is 0 Å². The predicted octanol–water partition coefficient (Wildman–Crippen LogP) is 1.25. The molecule has 0 aromatic heterocycles. The van der Waals surface area contributed by atoms with Crippen molar-refractivity contribution in [3.63, 3.8) is 0 Å². The third-order valence-corrected chi connectivity index (χ3v) is 5.32. The summed E-state index contributed by atoms with van der Waals surface area (Å²) in [6, 6.07) is 3.33. The molecule has 0 radical (unpaired) electrons. The van der Waals surface area contributed by atoms with Crippen molar-refractivity contribution in [3.8, 4) is 17.2 Å². The topological polar surface area (TPSA) is 104 Å². The average Bonchev–Trinajstić information content (AvgIpc) is 2.69. The van der Waals surface area contributed by atoms with E-state index in [0.717, 1.165) is 0 Å². The van der Waals surface area contributed by atoms with E-state index >= 15 is 0 Å². The fraction of sp³-hybridized carbons (Fsp3) is 0.333. The molecule has 0 aliphatic carbocycles. The number of allylic oxidation sites excluding steroid dienone is 2. The van der Waals surface area contributed by atoms with Gasteiger partial charge in [0, 0.05) is 12.7 Å². The smallest absolute Gasteiger partial charge is 0.342 e. The monoisotopic (exact) mass is 408 g/mol. The molecule has 0 bridgehead atoms. The van der Waals surface area contributed by atoms with E-state index < -0.39 is 16.0 Å². The van der Waals surface area contributed by atoms with E-state index in [9.17, 15) is 13.2 Å². The number of hydrogen-bond acceptors (Lipinski definition) is 8. The van der Waals surface area contributed by atoms with E-state index in [1.165, 1.54) is 27.4 Å². The molecule has 0 atom stereocenters. The van der Waals surface area contributed by atoms with Crippen LogP contribution in [0.1, 0.15) is 5.56 Å². The Kier molecular flexibility index (Phi) is 5.59. The Morgan fingerprint density at radius 1 is 1.14 bits per heavy atom. The quantitative estimate of drug-likeness (QED) is 0.648. The van der Waals surface area contributed by atoms with Crippen molar-refractivity contribution in [1.82, 2.24) is 4.90 Å². The van der Waals surface area contributed by atoms with Crippen molar-refractivity contribution < 1.29 is 32.2 Å². The summed E-state index contributed by atoms with van der Waals surface area (Å²) in [4.78, 5) is 14.2. The molecule has 0 unspecified atom stereocenters. The third-order valence-electron chi connectivity index (χ3n) is 4.17. The average molecular weight is 408 g/mol. The number of nitrogens with zero attached hydrogens (tertiary/aromatic N) is 2. The number of benzene rings is 1. The fourth-order valence-corrected chi connectivity index (χ4v) is 3.81. The van der Waals surface area contributed by atoms with Crippen LogP contribution in [0.4, 0.5) is 0 Å². The van der Waals surface area contributed by atoms with Crippen molar-refractivity contribution in [2.45, 2.75) is 6.61 Å². The van der Waals surface area contributed by atoms with Crippen LogP contribution in [0, 0.1) is 0 Å². The lowest BCUT2D eigenvalue weighted by Crippen LogP contribution is -2.40. The molecule has 1 aromatic carbocycles. The van der Waals surface area contributed by atoms with E-state index in [1.807, 2.05) is 0 Å². The first-order valence-corrected chi connectivity index (χ1v) is 9.93. The SMILES string of the molecule is COc1cc(COC(=O)C2=CC=CN3CCS(=O)(=O)N=C23)cc(OC)c1OC. The van der Waals surface area contributed by atoms with E-state index in [2.05, 4.69) is 4.40 Å². The summed E-state index contributed by atoms with van der Waals surface area (Å²) in [7, 11) is 0.876. The van der Waals surface area contributed by atoms with Crippen LogP contribution in [0.2, 0.25) is 0 Å². The van der Waals surface area contributed by atoms with E-state index in [4.69, 9.17) is 18.9 Å². The molecule has 3 rings (SSSR count). The Balaban J connectivity index is 1.80. The van der Waals surface area contributed by atoms with Gasteiger partial charge < -0.3 is 23.8 Å². The Bertz CT molecular complexity index is 955. The van der Waals surface area contributed by atoms with Crippen molar-refractivity contribution >= 4 is 21.8 Å². The van der Waals surface area contributed by atoms with Gasteiger partial charge in [-0.15, -0.1) is 4.40 Å². The number of carbonyl (C=O) groups excluding carboxylic acids is 1. The molecule has 28 heavy (non-hydrogen) atoms. The maximum atomic E-state index is 12.6. The summed E-state index contributed by atoms with van der Waals surface area (Å²) in [6.07, 6.45) is 4.80. The largest absolute Gasteiger partial charge is 0.493 e. The molecule has 0 spiro atoms. The van der Waals surface area contributed by atoms with Gasteiger partial charge in [0.1, 0.15) is 12.2 Å². The van der Waals surface area contributed by atoms with Crippen LogP contribution in [0.25, 0.3) is 0 Å². The van der Waals surface area contributed by atoms with Crippen LogP contribution >= 0.6 is 0 Å². The number of fused-ring (bicyclic) bond motifs is 1. The molecule has 1 aromatic rings. The van der Waals surface area contributed by atoms with Gasteiger partial charge in [0.05, 0.1) is 27.1 Å². The zero-order valence-electron chi connectivity index (χ0n) is 15.7. The highest BCUT2D eigenvalue weighted by Crippen LogP contribution is 2.38. The third kappa shape index (κ3) is 3.96. The summed E-state index contributed by atoms with van der Waals surface area (Å²) in [5, 5.41) is 0. The Hall–Kier alpha value is -3.01. The molecule has 150 valence electrons. The number of hydrogen-bond donors (Lipinski definition) is 0. The molecular formula is C18H20N2O7S. The van der Waals surface area contributed by atoms with Gasteiger partial charge in [-0.2, -0.15) is 0 Å². The second kappa shape index (κ2) is 7.93. The van der Waals surface area contributed by atoms with Gasteiger partial charge in [-0.05, 0) is 29.8 Å². The summed E-state index contributed by atoms with van der Waals surface area (Å²) >= 11 is 0. The normalized spacial score (nSPS) is 17.2. The zero-order valence-corrected chi connectivity index (χ0v) is 16.5. The van der Waals surface area contributed by atoms with Gasteiger partial charge in [-0.1, -0.05) is 0 Å². The van der Waals surface area contributed by atoms with Crippen LogP contribution in [0.5, 0.6) is 17.2 Å². The van der Waals surface area contributed by atoms with Crippen molar-refractivity contribution in [2.75, 3.05) is 33.6 Å². The molecule has 0 amide bonds. The predicted molar refractivity (Wildman–Crippen MR) is 101 cm³/mol. The van der Waals surface area contributed by atoms with Crippen LogP contribution < -0.4 is 14.2 Å². The number of ether oxygens (including phenoxy) is 4. The second-order valence-electron chi connectivity index (χ2n) is 5.93. The van der Waals surface area contributed by atoms with Crippen LogP contribution in [0.15, 0.2) is 40.5 Å². The molecule has 0 saturated heterocycles. The standard InChI is InChI=1S/C18H20N2O7S/c1-24-14-9-12(10-15(25-2)16(14)26-3)11-27-18(21)13-5-4-6-20-7-8-28(22,23)19-17(13)20/h4-6,9-10H,7-8,11H2,1-3H3. The van der Waals surface area contributed by atoms with Crippen LogP contribution in [-0.4, -0.2) is 58.7 Å². The van der Waals surface area contributed by atoms with Gasteiger partial charge >= 0.3 is 5.97 Å². The number of rotatable bonds is 6. The van der Waals surface area contributed by atoms with Gasteiger partial charge in [0.2, 0.25) is 5.75 Å². The van der Waals surface area contributed by atoms with Gasteiger partial charge in [0.15, 0.2) is 17.3 Å². The highest BCUT2D eigenvalue weighted by atomic mass is 32.2. The molecule has 10 heteroatoms. The Morgan fingerprint density at radius 2 is 1.82 bits per heavy atom. The first-order chi connectivity index (χ1) is 13.4. The minimum atomic E-state index is -3.60. The minimum absolute atomic E-state index is 0.0728. The van der Waals surface area contributed by atoms with E-state index in [-0.39, 0.29) is 30.3 Å². The molecule has 2 aliphatic rings. The fourth-order valence-electron chi connectivity index (χ4n) is 2.82. The summed E-state index contributed by atoms with van der Waals surface area (Å²) < 4.78 is 48.5. The molecular weight excluding hydrogens is 388 g/mol. The maximum Gasteiger partial charge on any atom is 0.342 e. The first-order valence-electron chi connectivity index (χ1n) is 8.32. The van der Waals surface area contributed by atoms with Gasteiger partial charge in [-0.25, -0.2) is 13.2 Å². The molecule has 0 fully saturated rings. The highest BCUT2D eigenvalue weighted by Gasteiger charge is 2.30. The summed E-state index contributed by atoms with van der Waals surface area (Å²) in [5.74, 6) is 0.581. The lowest BCUT2D eigenvalue weighted by atomic mass is 10.1. The zero-order chi connectivity index (χ0) is 20.3. The highest BCUT2D eigenvalue weighted by molar-refractivity contribution is 7.90. The van der Waals surface area contributed by atoms with Gasteiger partial charge in [0.25, 0.3) is 10.0 Å². The lowest BCUT2D eigenvalue weighted by Gasteiger charge is -2.28. The second-order valence-corrected chi connectivity index (χ2v) is 7.68.